The summed E-state index contributed by atoms with van der Waals surface area (Å²) in [7, 11) is -4.97. The Morgan fingerprint density at radius 1 is 0.951 bits per heavy atom. The number of nitrogens with zero attached hydrogens (tertiary/aromatic N) is 1. The predicted octanol–water partition coefficient (Wildman–Crippen LogP) is 5.15. The second kappa shape index (κ2) is 20.5. The SMILES string of the molecule is [2H]C([2H])(OP(=O)(O)OCCCOCCCCCCCCCCCCCCCC)[C@H]1O[C@@H](n2ccc(=O)[nH]c2=O)C(F)C1O. The third kappa shape index (κ3) is 14.6. The number of hydrogen-bond donors (Lipinski definition) is 3. The Kier molecular flexibility index (Phi) is 16.3. The number of H-pyrrole nitrogens is 1. The first-order chi connectivity index (χ1) is 20.5. The van der Waals surface area contributed by atoms with Gasteiger partial charge in [0.15, 0.2) is 12.4 Å². The molecule has 2 heterocycles. The zero-order valence-corrected chi connectivity index (χ0v) is 25.1. The van der Waals surface area contributed by atoms with E-state index in [-0.39, 0.29) is 19.6 Å². The molecule has 1 fully saturated rings. The van der Waals surface area contributed by atoms with Crippen LogP contribution in [-0.4, -0.2) is 64.3 Å². The van der Waals surface area contributed by atoms with Crippen LogP contribution in [-0.2, 0) is 23.1 Å². The van der Waals surface area contributed by atoms with Gasteiger partial charge in [-0.25, -0.2) is 13.8 Å². The Balaban J connectivity index is 1.54. The summed E-state index contributed by atoms with van der Waals surface area (Å²) in [6, 6.07) is 0.918. The molecule has 41 heavy (non-hydrogen) atoms. The molecule has 3 unspecified atom stereocenters. The predicted molar refractivity (Wildman–Crippen MR) is 154 cm³/mol. The molecule has 0 bridgehead atoms. The molecule has 3 N–H and O–H groups in total. The van der Waals surface area contributed by atoms with Crippen molar-refractivity contribution in [3.63, 3.8) is 0 Å². The third-order valence-corrected chi connectivity index (χ3v) is 7.78. The summed E-state index contributed by atoms with van der Waals surface area (Å²) in [5, 5.41) is 10.2. The molecular formula is C28H50FN2O9P. The number of alkyl halides is 1. The zero-order valence-electron chi connectivity index (χ0n) is 26.2. The van der Waals surface area contributed by atoms with E-state index in [4.69, 9.17) is 16.7 Å². The Morgan fingerprint density at radius 2 is 1.51 bits per heavy atom. The fraction of sp³-hybridized carbons (Fsp3) is 0.857. The normalized spacial score (nSPS) is 23.3. The summed E-state index contributed by atoms with van der Waals surface area (Å²) in [6.45, 7) is -0.356. The molecule has 1 aliphatic rings. The van der Waals surface area contributed by atoms with Crippen molar-refractivity contribution in [1.29, 1.82) is 0 Å². The van der Waals surface area contributed by atoms with Crippen molar-refractivity contribution in [3.05, 3.63) is 33.1 Å². The van der Waals surface area contributed by atoms with Crippen LogP contribution in [0.1, 0.15) is 112 Å². The van der Waals surface area contributed by atoms with Gasteiger partial charge in [0.1, 0.15) is 12.2 Å². The lowest BCUT2D eigenvalue weighted by molar-refractivity contribution is -0.0497. The highest BCUT2D eigenvalue weighted by atomic mass is 31.2. The lowest BCUT2D eigenvalue weighted by Crippen LogP contribution is -2.35. The molecule has 1 aromatic heterocycles. The van der Waals surface area contributed by atoms with Crippen LogP contribution in [0.15, 0.2) is 21.9 Å². The van der Waals surface area contributed by atoms with Crippen LogP contribution in [0.2, 0.25) is 0 Å². The van der Waals surface area contributed by atoms with E-state index in [2.05, 4.69) is 11.4 Å². The molecule has 238 valence electrons. The number of hydrogen-bond acceptors (Lipinski definition) is 8. The average molecular weight is 611 g/mol. The van der Waals surface area contributed by atoms with Gasteiger partial charge in [0, 0.05) is 25.5 Å². The molecule has 0 radical (unpaired) electrons. The van der Waals surface area contributed by atoms with Gasteiger partial charge < -0.3 is 19.5 Å². The summed E-state index contributed by atoms with van der Waals surface area (Å²) in [5.74, 6) is 0. The number of phosphoric ester groups is 1. The fourth-order valence-corrected chi connectivity index (χ4v) is 5.22. The number of rotatable bonds is 24. The molecule has 1 aliphatic heterocycles. The van der Waals surface area contributed by atoms with Gasteiger partial charge in [0.05, 0.1) is 15.9 Å². The highest BCUT2D eigenvalue weighted by molar-refractivity contribution is 7.47. The second-order valence-electron chi connectivity index (χ2n) is 10.5. The van der Waals surface area contributed by atoms with E-state index in [1.807, 2.05) is 4.98 Å². The number of ether oxygens (including phenoxy) is 2. The molecule has 0 aromatic carbocycles. The minimum Gasteiger partial charge on any atom is -0.387 e. The van der Waals surface area contributed by atoms with E-state index >= 15 is 0 Å². The van der Waals surface area contributed by atoms with Crippen molar-refractivity contribution in [1.82, 2.24) is 9.55 Å². The van der Waals surface area contributed by atoms with Gasteiger partial charge in [-0.3, -0.25) is 23.4 Å². The molecule has 2 rings (SSSR count). The highest BCUT2D eigenvalue weighted by Crippen LogP contribution is 2.44. The maximum absolute atomic E-state index is 14.7. The molecule has 1 aromatic rings. The Labute approximate surface area is 245 Å². The second-order valence-corrected chi connectivity index (χ2v) is 11.9. The van der Waals surface area contributed by atoms with Gasteiger partial charge in [0.2, 0.25) is 0 Å². The lowest BCUT2D eigenvalue weighted by atomic mass is 10.0. The van der Waals surface area contributed by atoms with Crippen molar-refractivity contribution >= 4 is 7.82 Å². The van der Waals surface area contributed by atoms with E-state index in [1.165, 1.54) is 77.0 Å². The van der Waals surface area contributed by atoms with Crippen LogP contribution < -0.4 is 11.2 Å². The first kappa shape index (κ1) is 32.5. The van der Waals surface area contributed by atoms with Crippen LogP contribution in [0.5, 0.6) is 0 Å². The van der Waals surface area contributed by atoms with Crippen molar-refractivity contribution in [2.24, 2.45) is 0 Å². The van der Waals surface area contributed by atoms with Crippen molar-refractivity contribution < 1.29 is 40.2 Å². The summed E-state index contributed by atoms with van der Waals surface area (Å²) in [4.78, 5) is 35.1. The van der Waals surface area contributed by atoms with Gasteiger partial charge in [-0.05, 0) is 12.8 Å². The molecule has 0 saturated carbocycles. The molecule has 0 aliphatic carbocycles. The molecule has 1 saturated heterocycles. The first-order valence-electron chi connectivity index (χ1n) is 16.0. The molecular weight excluding hydrogens is 558 g/mol. The van der Waals surface area contributed by atoms with Crippen molar-refractivity contribution in [2.45, 2.75) is 128 Å². The Morgan fingerprint density at radius 3 is 2.10 bits per heavy atom. The minimum absolute atomic E-state index is 0.252. The van der Waals surface area contributed by atoms with Gasteiger partial charge >= 0.3 is 13.5 Å². The zero-order chi connectivity index (χ0) is 31.7. The maximum Gasteiger partial charge on any atom is 0.472 e. The number of aromatic amines is 1. The van der Waals surface area contributed by atoms with Gasteiger partial charge in [-0.2, -0.15) is 0 Å². The average Bonchev–Trinajstić information content (AvgIpc) is 3.24. The van der Waals surface area contributed by atoms with E-state index in [0.29, 0.717) is 11.2 Å². The van der Waals surface area contributed by atoms with Gasteiger partial charge in [-0.15, -0.1) is 0 Å². The first-order valence-corrected chi connectivity index (χ1v) is 16.5. The standard InChI is InChI=1S/C28H50FN2O9P/c1-2-3-4-5-6-7-8-9-10-11-12-13-14-15-19-37-20-16-21-38-41(35,36)39-22-23-26(33)25(29)27(40-23)31-18-17-24(32)30-28(31)34/h17-18,23,25-27,33H,2-16,19-22H2,1H3,(H,35,36)(H,30,32,34)/t23-,25?,26?,27-/m1/s1/i22D2. The van der Waals surface area contributed by atoms with Crippen LogP contribution in [0, 0.1) is 0 Å². The topological polar surface area (TPSA) is 149 Å². The third-order valence-electron chi connectivity index (χ3n) is 6.93. The van der Waals surface area contributed by atoms with Gasteiger partial charge in [-0.1, -0.05) is 90.4 Å². The minimum atomic E-state index is -4.97. The van der Waals surface area contributed by atoms with Crippen LogP contribution in [0.4, 0.5) is 4.39 Å². The number of halogens is 1. The number of unbranched alkanes of at least 4 members (excludes halogenated alkanes) is 13. The number of phosphoric acid groups is 1. The Hall–Kier alpha value is -1.40. The van der Waals surface area contributed by atoms with Crippen molar-refractivity contribution in [3.8, 4) is 0 Å². The fourth-order valence-electron chi connectivity index (χ4n) is 4.57. The van der Waals surface area contributed by atoms with E-state index in [0.717, 1.165) is 25.1 Å². The summed E-state index contributed by atoms with van der Waals surface area (Å²) >= 11 is 0. The van der Waals surface area contributed by atoms with Crippen LogP contribution in [0.25, 0.3) is 0 Å². The lowest BCUT2D eigenvalue weighted by Gasteiger charge is -2.17. The van der Waals surface area contributed by atoms with Crippen LogP contribution >= 0.6 is 7.82 Å². The number of aliphatic hydroxyl groups excluding tert-OH is 1. The number of aliphatic hydroxyl groups is 1. The highest BCUT2D eigenvalue weighted by Gasteiger charge is 2.46. The number of nitrogens with one attached hydrogen (secondary N) is 1. The molecule has 5 atom stereocenters. The summed E-state index contributed by atoms with van der Waals surface area (Å²) in [6.07, 6.45) is 10.6. The van der Waals surface area contributed by atoms with Crippen molar-refractivity contribution in [2.75, 3.05) is 26.4 Å². The smallest absolute Gasteiger partial charge is 0.387 e. The molecule has 11 nitrogen and oxygen atoms in total. The summed E-state index contributed by atoms with van der Waals surface area (Å²) < 4.78 is 63.6. The van der Waals surface area contributed by atoms with E-state index < -0.39 is 50.2 Å². The molecule has 0 amide bonds. The van der Waals surface area contributed by atoms with E-state index in [1.54, 1.807) is 0 Å². The molecule has 0 spiro atoms. The molecule has 13 heteroatoms. The van der Waals surface area contributed by atoms with Crippen LogP contribution in [0.3, 0.4) is 0 Å². The Bertz CT molecular complexity index is 1080. The quantitative estimate of drug-likeness (QED) is 0.107. The monoisotopic (exact) mass is 610 g/mol. The maximum atomic E-state index is 14.7. The van der Waals surface area contributed by atoms with Gasteiger partial charge in [0.25, 0.3) is 5.56 Å². The number of aromatic nitrogens is 2. The largest absolute Gasteiger partial charge is 0.472 e. The van der Waals surface area contributed by atoms with E-state index in [9.17, 15) is 28.5 Å². The summed E-state index contributed by atoms with van der Waals surface area (Å²) in [5.41, 5.74) is -1.79.